The first-order chi connectivity index (χ1) is 14.9. The molecule has 0 saturated heterocycles. The summed E-state index contributed by atoms with van der Waals surface area (Å²) in [5.41, 5.74) is 9.45. The molecule has 1 aliphatic carbocycles. The summed E-state index contributed by atoms with van der Waals surface area (Å²) in [5.74, 6) is 1.77. The predicted molar refractivity (Wildman–Crippen MR) is 134 cm³/mol. The Hall–Kier alpha value is -3.26. The Labute approximate surface area is 187 Å². The molecule has 31 heavy (non-hydrogen) atoms. The quantitative estimate of drug-likeness (QED) is 0.487. The molecule has 2 heteroatoms. The number of fused-ring (bicyclic) bond motifs is 2. The molecular weight excluding hydrogens is 378 g/mol. The molecule has 1 atom stereocenters. The Morgan fingerprint density at radius 2 is 1.74 bits per heavy atom. The van der Waals surface area contributed by atoms with E-state index in [1.165, 1.54) is 33.6 Å². The molecule has 1 heterocycles. The van der Waals surface area contributed by atoms with Crippen LogP contribution in [-0.4, -0.2) is 6.04 Å². The van der Waals surface area contributed by atoms with Crippen LogP contribution in [0.15, 0.2) is 113 Å². The summed E-state index contributed by atoms with van der Waals surface area (Å²) in [6.07, 6.45) is 14.8. The number of benzene rings is 1. The molecule has 0 aromatic heterocycles. The number of allylic oxidation sites excluding steroid dienone is 10. The maximum atomic E-state index is 6.38. The third-order valence-electron chi connectivity index (χ3n) is 5.76. The van der Waals surface area contributed by atoms with E-state index >= 15 is 0 Å². The van der Waals surface area contributed by atoms with Crippen LogP contribution >= 0.6 is 0 Å². The molecule has 1 aliphatic heterocycles. The van der Waals surface area contributed by atoms with Gasteiger partial charge in [0.25, 0.3) is 0 Å². The fraction of sp³-hybridized carbons (Fsp3) is 0.241. The van der Waals surface area contributed by atoms with Crippen LogP contribution in [0.3, 0.4) is 0 Å². The Morgan fingerprint density at radius 3 is 2.39 bits per heavy atom. The molecule has 2 nitrogen and oxygen atoms in total. The average molecular weight is 412 g/mol. The van der Waals surface area contributed by atoms with Gasteiger partial charge in [-0.1, -0.05) is 66.8 Å². The monoisotopic (exact) mass is 411 g/mol. The highest BCUT2D eigenvalue weighted by Gasteiger charge is 2.28. The Morgan fingerprint density at radius 1 is 1.03 bits per heavy atom. The van der Waals surface area contributed by atoms with E-state index in [0.29, 0.717) is 0 Å². The second-order valence-electron chi connectivity index (χ2n) is 8.08. The lowest BCUT2D eigenvalue weighted by molar-refractivity contribution is 0.426. The van der Waals surface area contributed by atoms with Crippen LogP contribution in [0.5, 0.6) is 5.75 Å². The number of para-hydroxylation sites is 1. The summed E-state index contributed by atoms with van der Waals surface area (Å²) < 4.78 is 6.38. The fourth-order valence-corrected chi connectivity index (χ4v) is 3.94. The van der Waals surface area contributed by atoms with Gasteiger partial charge < -0.3 is 10.1 Å². The number of nitrogens with one attached hydrogen (secondary N) is 1. The fourth-order valence-electron chi connectivity index (χ4n) is 3.94. The van der Waals surface area contributed by atoms with Gasteiger partial charge in [-0.05, 0) is 70.4 Å². The summed E-state index contributed by atoms with van der Waals surface area (Å²) in [7, 11) is 0. The summed E-state index contributed by atoms with van der Waals surface area (Å²) in [4.78, 5) is 0. The minimum absolute atomic E-state index is 0.0553. The van der Waals surface area contributed by atoms with Crippen LogP contribution in [0.25, 0.3) is 5.57 Å². The maximum Gasteiger partial charge on any atom is 0.135 e. The van der Waals surface area contributed by atoms with Crippen LogP contribution < -0.4 is 10.1 Å². The lowest BCUT2D eigenvalue weighted by Gasteiger charge is -2.30. The first kappa shape index (κ1) is 22.4. The number of rotatable bonds is 6. The summed E-state index contributed by atoms with van der Waals surface area (Å²) >= 11 is 0. The van der Waals surface area contributed by atoms with Gasteiger partial charge in [-0.3, -0.25) is 0 Å². The Balaban J connectivity index is 2.14. The zero-order valence-electron chi connectivity index (χ0n) is 19.5. The highest BCUT2D eigenvalue weighted by molar-refractivity contribution is 5.93. The van der Waals surface area contributed by atoms with E-state index < -0.39 is 0 Å². The van der Waals surface area contributed by atoms with Crippen molar-refractivity contribution in [2.45, 2.75) is 47.6 Å². The smallest absolute Gasteiger partial charge is 0.135 e. The second kappa shape index (κ2) is 9.70. The van der Waals surface area contributed by atoms with Crippen molar-refractivity contribution in [1.29, 1.82) is 0 Å². The molecule has 160 valence electrons. The van der Waals surface area contributed by atoms with Gasteiger partial charge in [0.2, 0.25) is 0 Å². The van der Waals surface area contributed by atoms with Crippen molar-refractivity contribution < 1.29 is 4.74 Å². The van der Waals surface area contributed by atoms with E-state index in [1.54, 1.807) is 0 Å². The zero-order valence-corrected chi connectivity index (χ0v) is 19.5. The first-order valence-corrected chi connectivity index (χ1v) is 10.9. The maximum absolute atomic E-state index is 6.38. The molecule has 1 N–H and O–H groups in total. The van der Waals surface area contributed by atoms with Crippen molar-refractivity contribution in [2.75, 3.05) is 0 Å². The van der Waals surface area contributed by atoms with Gasteiger partial charge in [-0.15, -0.1) is 0 Å². The van der Waals surface area contributed by atoms with Crippen LogP contribution in [0.2, 0.25) is 0 Å². The van der Waals surface area contributed by atoms with E-state index in [-0.39, 0.29) is 6.04 Å². The topological polar surface area (TPSA) is 21.3 Å². The van der Waals surface area contributed by atoms with Crippen molar-refractivity contribution in [2.24, 2.45) is 0 Å². The van der Waals surface area contributed by atoms with Crippen LogP contribution in [0, 0.1) is 0 Å². The standard InChI is InChI=1S/C29H33NO/c1-8-13-23(20(6)9-2)28-24-14-11-12-15-26(24)31-27-18-22(16-17-25(27)28)30-29(19(4)5)21(7)10-3/h8-18,22,30H,1H2,2-7H3/b20-9-,21-10-,23-13+. The van der Waals surface area contributed by atoms with Crippen LogP contribution in [0.4, 0.5) is 0 Å². The van der Waals surface area contributed by atoms with E-state index in [1.807, 2.05) is 18.2 Å². The lowest BCUT2D eigenvalue weighted by Crippen LogP contribution is -2.29. The highest BCUT2D eigenvalue weighted by Crippen LogP contribution is 2.44. The molecule has 1 aromatic rings. The average Bonchev–Trinajstić information content (AvgIpc) is 2.78. The van der Waals surface area contributed by atoms with Crippen molar-refractivity contribution in [1.82, 2.24) is 5.32 Å². The highest BCUT2D eigenvalue weighted by atomic mass is 16.5. The Bertz CT molecular complexity index is 1100. The van der Waals surface area contributed by atoms with E-state index in [2.05, 4.69) is 102 Å². The second-order valence-corrected chi connectivity index (χ2v) is 8.08. The largest absolute Gasteiger partial charge is 0.456 e. The minimum Gasteiger partial charge on any atom is -0.456 e. The van der Waals surface area contributed by atoms with Crippen molar-refractivity contribution in [3.63, 3.8) is 0 Å². The van der Waals surface area contributed by atoms with Gasteiger partial charge in [0.15, 0.2) is 0 Å². The third kappa shape index (κ3) is 4.59. The SMILES string of the molecule is C=C/C=C(C1=C2C=CC(NC(=C(C)C)/C(C)=C\C)C=C2Oc2ccccc21)\C(C)=C/C. The van der Waals surface area contributed by atoms with E-state index in [0.717, 1.165) is 22.6 Å². The normalized spacial score (nSPS) is 18.6. The molecule has 0 fully saturated rings. The summed E-state index contributed by atoms with van der Waals surface area (Å²) in [6, 6.07) is 8.30. The zero-order chi connectivity index (χ0) is 22.5. The lowest BCUT2D eigenvalue weighted by atomic mass is 9.84. The molecular formula is C29H33NO. The van der Waals surface area contributed by atoms with Crippen molar-refractivity contribution in [3.05, 3.63) is 118 Å². The molecule has 0 radical (unpaired) electrons. The molecule has 1 aromatic carbocycles. The number of hydrogen-bond donors (Lipinski definition) is 1. The number of hydrogen-bond acceptors (Lipinski definition) is 2. The van der Waals surface area contributed by atoms with Crippen molar-refractivity contribution >= 4 is 5.57 Å². The molecule has 3 rings (SSSR count). The molecule has 0 saturated carbocycles. The first-order valence-electron chi connectivity index (χ1n) is 10.9. The third-order valence-corrected chi connectivity index (χ3v) is 5.76. The van der Waals surface area contributed by atoms with E-state index in [4.69, 9.17) is 4.74 Å². The molecule has 0 amide bonds. The predicted octanol–water partition coefficient (Wildman–Crippen LogP) is 7.58. The van der Waals surface area contributed by atoms with Gasteiger partial charge in [-0.2, -0.15) is 0 Å². The molecule has 1 unspecified atom stereocenters. The van der Waals surface area contributed by atoms with Gasteiger partial charge in [0, 0.05) is 22.4 Å². The molecule has 2 aliphatic rings. The molecule has 0 spiro atoms. The van der Waals surface area contributed by atoms with E-state index in [9.17, 15) is 0 Å². The Kier molecular flexibility index (Phi) is 7.02. The minimum atomic E-state index is 0.0553. The van der Waals surface area contributed by atoms with Gasteiger partial charge in [0.05, 0.1) is 6.04 Å². The van der Waals surface area contributed by atoms with Gasteiger partial charge >= 0.3 is 0 Å². The van der Waals surface area contributed by atoms with Gasteiger partial charge in [-0.25, -0.2) is 0 Å². The van der Waals surface area contributed by atoms with Crippen molar-refractivity contribution in [3.8, 4) is 5.75 Å². The van der Waals surface area contributed by atoms with Crippen LogP contribution in [-0.2, 0) is 0 Å². The van der Waals surface area contributed by atoms with Crippen LogP contribution in [0.1, 0.15) is 47.1 Å². The summed E-state index contributed by atoms with van der Waals surface area (Å²) in [6.45, 7) is 16.6. The number of ether oxygens (including phenoxy) is 1. The molecule has 0 bridgehead atoms. The van der Waals surface area contributed by atoms with Gasteiger partial charge in [0.1, 0.15) is 11.5 Å². The summed E-state index contributed by atoms with van der Waals surface area (Å²) in [5, 5.41) is 3.67.